The molecule has 0 radical (unpaired) electrons. The molecule has 0 aromatic heterocycles. The lowest BCUT2D eigenvalue weighted by atomic mass is 10.4. The minimum atomic E-state index is -1.96. The highest BCUT2D eigenvalue weighted by Gasteiger charge is 2.36. The number of hydrogen-bond donors (Lipinski definition) is 0. The van der Waals surface area contributed by atoms with Crippen molar-refractivity contribution >= 4 is 8.56 Å². The lowest BCUT2D eigenvalue weighted by molar-refractivity contribution is 0.127. The SMILES string of the molecule is C=C[Si]1(OC(C)C)CCCCO1. The maximum atomic E-state index is 5.83. The van der Waals surface area contributed by atoms with Gasteiger partial charge in [-0.1, -0.05) is 0 Å². The summed E-state index contributed by atoms with van der Waals surface area (Å²) in [5, 5.41) is 0. The van der Waals surface area contributed by atoms with Crippen molar-refractivity contribution in [3.8, 4) is 0 Å². The van der Waals surface area contributed by atoms with E-state index < -0.39 is 8.56 Å². The second-order valence-corrected chi connectivity index (χ2v) is 6.54. The van der Waals surface area contributed by atoms with Crippen LogP contribution in [-0.4, -0.2) is 21.3 Å². The zero-order chi connectivity index (χ0) is 9.03. The van der Waals surface area contributed by atoms with E-state index in [0.717, 1.165) is 12.7 Å². The molecule has 0 amide bonds. The predicted octanol–water partition coefficient (Wildman–Crippen LogP) is 2.39. The van der Waals surface area contributed by atoms with E-state index in [0.29, 0.717) is 0 Å². The van der Waals surface area contributed by atoms with Gasteiger partial charge in [0.25, 0.3) is 0 Å². The van der Waals surface area contributed by atoms with Gasteiger partial charge in [-0.3, -0.25) is 0 Å². The Labute approximate surface area is 75.8 Å². The van der Waals surface area contributed by atoms with Crippen LogP contribution in [0, 0.1) is 0 Å². The van der Waals surface area contributed by atoms with Crippen molar-refractivity contribution in [1.82, 2.24) is 0 Å². The second kappa shape index (κ2) is 4.21. The van der Waals surface area contributed by atoms with Crippen molar-refractivity contribution in [3.05, 3.63) is 12.3 Å². The third kappa shape index (κ3) is 2.44. The summed E-state index contributed by atoms with van der Waals surface area (Å²) in [5.41, 5.74) is 1.92. The molecule has 70 valence electrons. The second-order valence-electron chi connectivity index (χ2n) is 3.49. The van der Waals surface area contributed by atoms with E-state index in [-0.39, 0.29) is 6.10 Å². The van der Waals surface area contributed by atoms with Crippen LogP contribution < -0.4 is 0 Å². The normalized spacial score (nSPS) is 30.6. The molecule has 1 aliphatic rings. The number of hydrogen-bond acceptors (Lipinski definition) is 2. The van der Waals surface area contributed by atoms with Gasteiger partial charge in [0.1, 0.15) is 0 Å². The van der Waals surface area contributed by atoms with E-state index in [9.17, 15) is 0 Å². The zero-order valence-corrected chi connectivity index (χ0v) is 9.01. The molecule has 12 heavy (non-hydrogen) atoms. The summed E-state index contributed by atoms with van der Waals surface area (Å²) in [6, 6.07) is 1.08. The number of rotatable bonds is 3. The third-order valence-electron chi connectivity index (χ3n) is 2.01. The molecule has 0 saturated carbocycles. The van der Waals surface area contributed by atoms with Crippen LogP contribution in [-0.2, 0) is 8.85 Å². The zero-order valence-electron chi connectivity index (χ0n) is 8.01. The highest BCUT2D eigenvalue weighted by molar-refractivity contribution is 6.72. The van der Waals surface area contributed by atoms with Gasteiger partial charge in [-0.2, -0.15) is 0 Å². The minimum Gasteiger partial charge on any atom is -0.391 e. The lowest BCUT2D eigenvalue weighted by Gasteiger charge is -2.32. The average molecular weight is 186 g/mol. The molecule has 1 atom stereocenters. The van der Waals surface area contributed by atoms with Crippen LogP contribution >= 0.6 is 0 Å². The standard InChI is InChI=1S/C9H18O2Si/c1-4-12(11-9(2)3)8-6-5-7-10-12/h4,9H,1,5-8H2,2-3H3. The summed E-state index contributed by atoms with van der Waals surface area (Å²) in [4.78, 5) is 0. The van der Waals surface area contributed by atoms with Gasteiger partial charge in [0.15, 0.2) is 0 Å². The van der Waals surface area contributed by atoms with Crippen LogP contribution in [0.1, 0.15) is 26.7 Å². The third-order valence-corrected chi connectivity index (χ3v) is 5.25. The Morgan fingerprint density at radius 1 is 1.50 bits per heavy atom. The van der Waals surface area contributed by atoms with E-state index in [4.69, 9.17) is 8.85 Å². The summed E-state index contributed by atoms with van der Waals surface area (Å²) in [5.74, 6) is 0. The molecule has 1 saturated heterocycles. The molecule has 0 aromatic rings. The van der Waals surface area contributed by atoms with Gasteiger partial charge < -0.3 is 8.85 Å². The fourth-order valence-corrected chi connectivity index (χ4v) is 4.27. The molecule has 1 fully saturated rings. The van der Waals surface area contributed by atoms with Crippen molar-refractivity contribution in [2.75, 3.05) is 6.61 Å². The van der Waals surface area contributed by atoms with Gasteiger partial charge in [-0.05, 0) is 38.4 Å². The predicted molar refractivity (Wildman–Crippen MR) is 52.2 cm³/mol. The topological polar surface area (TPSA) is 18.5 Å². The average Bonchev–Trinajstić information content (AvgIpc) is 2.05. The smallest absolute Gasteiger partial charge is 0.364 e. The molecule has 1 aliphatic heterocycles. The first-order chi connectivity index (χ1) is 5.68. The first kappa shape index (κ1) is 9.96. The van der Waals surface area contributed by atoms with E-state index in [2.05, 4.69) is 20.4 Å². The Balaban J connectivity index is 2.53. The Kier molecular flexibility index (Phi) is 3.49. The van der Waals surface area contributed by atoms with Crippen LogP contribution in [0.4, 0.5) is 0 Å². The van der Waals surface area contributed by atoms with E-state index in [1.165, 1.54) is 12.8 Å². The molecule has 0 aliphatic carbocycles. The quantitative estimate of drug-likeness (QED) is 0.630. The summed E-state index contributed by atoms with van der Waals surface area (Å²) in [6.07, 6.45) is 2.66. The van der Waals surface area contributed by atoms with Gasteiger partial charge >= 0.3 is 8.56 Å². The molecule has 1 heterocycles. The Morgan fingerprint density at radius 3 is 2.67 bits per heavy atom. The van der Waals surface area contributed by atoms with Crippen molar-refractivity contribution in [2.45, 2.75) is 38.8 Å². The van der Waals surface area contributed by atoms with Crippen LogP contribution in [0.3, 0.4) is 0 Å². The molecule has 0 N–H and O–H groups in total. The summed E-state index contributed by atoms with van der Waals surface area (Å²) in [6.45, 7) is 8.78. The van der Waals surface area contributed by atoms with Gasteiger partial charge in [0, 0.05) is 12.7 Å². The van der Waals surface area contributed by atoms with Gasteiger partial charge in [-0.15, -0.1) is 6.58 Å². The monoisotopic (exact) mass is 186 g/mol. The molecular formula is C9H18O2Si. The molecular weight excluding hydrogens is 168 g/mol. The molecule has 0 bridgehead atoms. The van der Waals surface area contributed by atoms with Crippen molar-refractivity contribution in [3.63, 3.8) is 0 Å². The van der Waals surface area contributed by atoms with Crippen molar-refractivity contribution in [2.24, 2.45) is 0 Å². The first-order valence-electron chi connectivity index (χ1n) is 4.64. The van der Waals surface area contributed by atoms with Gasteiger partial charge in [-0.25, -0.2) is 0 Å². The summed E-state index contributed by atoms with van der Waals surface area (Å²) >= 11 is 0. The Bertz CT molecular complexity index is 151. The van der Waals surface area contributed by atoms with Crippen LogP contribution in [0.15, 0.2) is 12.3 Å². The van der Waals surface area contributed by atoms with Crippen molar-refractivity contribution in [1.29, 1.82) is 0 Å². The maximum Gasteiger partial charge on any atom is 0.364 e. The van der Waals surface area contributed by atoms with Crippen LogP contribution in [0.5, 0.6) is 0 Å². The largest absolute Gasteiger partial charge is 0.391 e. The first-order valence-corrected chi connectivity index (χ1v) is 6.74. The van der Waals surface area contributed by atoms with Gasteiger partial charge in [0.05, 0.1) is 0 Å². The summed E-state index contributed by atoms with van der Waals surface area (Å²) < 4.78 is 11.6. The van der Waals surface area contributed by atoms with E-state index in [1.807, 2.05) is 5.70 Å². The van der Waals surface area contributed by atoms with Gasteiger partial charge in [0.2, 0.25) is 0 Å². The fourth-order valence-electron chi connectivity index (χ4n) is 1.49. The summed E-state index contributed by atoms with van der Waals surface area (Å²) in [7, 11) is -1.96. The van der Waals surface area contributed by atoms with Crippen LogP contribution in [0.25, 0.3) is 0 Å². The molecule has 3 heteroatoms. The molecule has 2 nitrogen and oxygen atoms in total. The Morgan fingerprint density at radius 2 is 2.25 bits per heavy atom. The molecule has 0 aromatic carbocycles. The molecule has 1 unspecified atom stereocenters. The minimum absolute atomic E-state index is 0.257. The highest BCUT2D eigenvalue weighted by atomic mass is 28.4. The highest BCUT2D eigenvalue weighted by Crippen LogP contribution is 2.24. The Hall–Kier alpha value is -0.123. The van der Waals surface area contributed by atoms with Crippen LogP contribution in [0.2, 0.25) is 6.04 Å². The van der Waals surface area contributed by atoms with Crippen molar-refractivity contribution < 1.29 is 8.85 Å². The lowest BCUT2D eigenvalue weighted by Crippen LogP contribution is -2.44. The molecule has 0 spiro atoms. The maximum absolute atomic E-state index is 5.83. The van der Waals surface area contributed by atoms with E-state index in [1.54, 1.807) is 0 Å². The molecule has 1 rings (SSSR count). The van der Waals surface area contributed by atoms with E-state index >= 15 is 0 Å². The fraction of sp³-hybridized carbons (Fsp3) is 0.778.